The average molecular weight is 475 g/mol. The summed E-state index contributed by atoms with van der Waals surface area (Å²) in [5, 5.41) is 14.4. The molecule has 3 aromatic rings. The number of thioether (sulfide) groups is 1. The fraction of sp³-hybridized carbons (Fsp3) is 0.211. The minimum atomic E-state index is -0.299. The molecule has 3 rings (SSSR count). The Morgan fingerprint density at radius 1 is 1.10 bits per heavy atom. The number of para-hydroxylation sites is 1. The van der Waals surface area contributed by atoms with E-state index in [1.807, 2.05) is 41.8 Å². The molecule has 0 unspecified atom stereocenters. The number of halogens is 1. The van der Waals surface area contributed by atoms with E-state index in [1.54, 1.807) is 18.5 Å². The van der Waals surface area contributed by atoms with E-state index in [2.05, 4.69) is 41.7 Å². The number of nitrogens with zero attached hydrogens (tertiary/aromatic N) is 4. The summed E-state index contributed by atoms with van der Waals surface area (Å²) in [5.74, 6) is 0.308. The standard InChI is InChI=1S/C19H19BrN6O2S/c1-2-26-18(13-7-9-21-10-8-13)24-25-19(26)29-12-17(28)22-11-16(27)23-15-6-4-3-5-14(15)20/h3-10H,2,11-12H2,1H3,(H,22,28)(H,23,27). The van der Waals surface area contributed by atoms with Gasteiger partial charge in [0.15, 0.2) is 11.0 Å². The van der Waals surface area contributed by atoms with Crippen molar-refractivity contribution in [3.63, 3.8) is 0 Å². The SMILES string of the molecule is CCn1c(SCC(=O)NCC(=O)Nc2ccccc2Br)nnc1-c1ccncc1. The Hall–Kier alpha value is -2.72. The van der Waals surface area contributed by atoms with Crippen molar-refractivity contribution in [1.29, 1.82) is 0 Å². The lowest BCUT2D eigenvalue weighted by Crippen LogP contribution is -2.34. The normalized spacial score (nSPS) is 10.6. The van der Waals surface area contributed by atoms with E-state index in [1.165, 1.54) is 11.8 Å². The maximum Gasteiger partial charge on any atom is 0.243 e. The van der Waals surface area contributed by atoms with Crippen molar-refractivity contribution in [2.24, 2.45) is 0 Å². The first-order valence-corrected chi connectivity index (χ1v) is 10.6. The van der Waals surface area contributed by atoms with Gasteiger partial charge in [0.2, 0.25) is 11.8 Å². The van der Waals surface area contributed by atoms with E-state index in [0.29, 0.717) is 17.4 Å². The highest BCUT2D eigenvalue weighted by molar-refractivity contribution is 9.10. The molecule has 0 atom stereocenters. The Bertz CT molecular complexity index is 995. The molecule has 2 amide bonds. The van der Waals surface area contributed by atoms with Gasteiger partial charge in [-0.3, -0.25) is 14.6 Å². The first kappa shape index (κ1) is 21.0. The van der Waals surface area contributed by atoms with Gasteiger partial charge in [-0.25, -0.2) is 0 Å². The zero-order chi connectivity index (χ0) is 20.6. The summed E-state index contributed by atoms with van der Waals surface area (Å²) in [4.78, 5) is 28.2. The van der Waals surface area contributed by atoms with Crippen LogP contribution >= 0.6 is 27.7 Å². The highest BCUT2D eigenvalue weighted by Gasteiger charge is 2.15. The van der Waals surface area contributed by atoms with Gasteiger partial charge in [0, 0.05) is 29.0 Å². The molecule has 0 saturated heterocycles. The van der Waals surface area contributed by atoms with Crippen molar-refractivity contribution < 1.29 is 9.59 Å². The molecular formula is C19H19BrN6O2S. The van der Waals surface area contributed by atoms with Crippen molar-refractivity contribution >= 4 is 45.2 Å². The molecule has 0 aliphatic carbocycles. The second-order valence-electron chi connectivity index (χ2n) is 5.88. The van der Waals surface area contributed by atoms with Gasteiger partial charge in [-0.05, 0) is 47.1 Å². The zero-order valence-electron chi connectivity index (χ0n) is 15.6. The van der Waals surface area contributed by atoms with Gasteiger partial charge < -0.3 is 15.2 Å². The summed E-state index contributed by atoms with van der Waals surface area (Å²) in [5.41, 5.74) is 1.57. The fourth-order valence-corrected chi connectivity index (χ4v) is 3.73. The molecule has 0 fully saturated rings. The number of anilines is 1. The number of carbonyl (C=O) groups is 2. The van der Waals surface area contributed by atoms with Crippen molar-refractivity contribution in [2.75, 3.05) is 17.6 Å². The molecule has 29 heavy (non-hydrogen) atoms. The summed E-state index contributed by atoms with van der Waals surface area (Å²) < 4.78 is 2.71. The molecule has 2 aromatic heterocycles. The Balaban J connectivity index is 1.51. The molecule has 10 heteroatoms. The van der Waals surface area contributed by atoms with Crippen molar-refractivity contribution in [3.05, 3.63) is 53.3 Å². The molecule has 8 nitrogen and oxygen atoms in total. The minimum absolute atomic E-state index is 0.108. The van der Waals surface area contributed by atoms with Crippen LogP contribution in [0.15, 0.2) is 58.4 Å². The summed E-state index contributed by atoms with van der Waals surface area (Å²) >= 11 is 4.64. The van der Waals surface area contributed by atoms with E-state index in [-0.39, 0.29) is 24.1 Å². The average Bonchev–Trinajstić information content (AvgIpc) is 3.16. The Kier molecular flexibility index (Phi) is 7.36. The van der Waals surface area contributed by atoms with E-state index < -0.39 is 0 Å². The molecule has 0 spiro atoms. The fourth-order valence-electron chi connectivity index (χ4n) is 2.51. The smallest absolute Gasteiger partial charge is 0.243 e. The van der Waals surface area contributed by atoms with Crippen LogP contribution in [0.5, 0.6) is 0 Å². The van der Waals surface area contributed by atoms with Gasteiger partial charge in [-0.1, -0.05) is 23.9 Å². The Labute approximate surface area is 180 Å². The number of carbonyl (C=O) groups excluding carboxylic acids is 2. The van der Waals surface area contributed by atoms with Crippen LogP contribution in [-0.4, -0.2) is 43.9 Å². The van der Waals surface area contributed by atoms with Gasteiger partial charge in [0.25, 0.3) is 0 Å². The Morgan fingerprint density at radius 2 is 1.86 bits per heavy atom. The molecule has 0 aliphatic rings. The quantitative estimate of drug-likeness (QED) is 0.486. The van der Waals surface area contributed by atoms with E-state index in [0.717, 1.165) is 15.9 Å². The number of aromatic nitrogens is 4. The summed E-state index contributed by atoms with van der Waals surface area (Å²) in [6, 6.07) is 11.0. The third-order valence-corrected chi connectivity index (χ3v) is 5.56. The maximum absolute atomic E-state index is 12.1. The molecule has 0 saturated carbocycles. The van der Waals surface area contributed by atoms with Crippen LogP contribution in [0.3, 0.4) is 0 Å². The molecular weight excluding hydrogens is 456 g/mol. The highest BCUT2D eigenvalue weighted by atomic mass is 79.9. The van der Waals surface area contributed by atoms with Crippen LogP contribution in [0.25, 0.3) is 11.4 Å². The van der Waals surface area contributed by atoms with Crippen LogP contribution in [0, 0.1) is 0 Å². The van der Waals surface area contributed by atoms with Crippen LogP contribution in [-0.2, 0) is 16.1 Å². The third-order valence-electron chi connectivity index (χ3n) is 3.90. The monoisotopic (exact) mass is 474 g/mol. The lowest BCUT2D eigenvalue weighted by Gasteiger charge is -2.09. The largest absolute Gasteiger partial charge is 0.346 e. The van der Waals surface area contributed by atoms with Gasteiger partial charge in [-0.15, -0.1) is 10.2 Å². The first-order valence-electron chi connectivity index (χ1n) is 8.86. The zero-order valence-corrected chi connectivity index (χ0v) is 18.0. The van der Waals surface area contributed by atoms with Gasteiger partial charge in [-0.2, -0.15) is 0 Å². The maximum atomic E-state index is 12.1. The van der Waals surface area contributed by atoms with Crippen LogP contribution < -0.4 is 10.6 Å². The van der Waals surface area contributed by atoms with E-state index in [9.17, 15) is 9.59 Å². The van der Waals surface area contributed by atoms with Crippen molar-refractivity contribution in [2.45, 2.75) is 18.6 Å². The second kappa shape index (κ2) is 10.2. The summed E-state index contributed by atoms with van der Waals surface area (Å²) in [7, 11) is 0. The number of benzene rings is 1. The predicted octanol–water partition coefficient (Wildman–Crippen LogP) is 2.97. The van der Waals surface area contributed by atoms with E-state index in [4.69, 9.17) is 0 Å². The minimum Gasteiger partial charge on any atom is -0.346 e. The number of hydrogen-bond acceptors (Lipinski definition) is 6. The van der Waals surface area contributed by atoms with Crippen LogP contribution in [0.2, 0.25) is 0 Å². The van der Waals surface area contributed by atoms with Crippen molar-refractivity contribution in [1.82, 2.24) is 25.1 Å². The topological polar surface area (TPSA) is 102 Å². The molecule has 0 bridgehead atoms. The van der Waals surface area contributed by atoms with Gasteiger partial charge in [0.1, 0.15) is 0 Å². The van der Waals surface area contributed by atoms with Gasteiger partial charge >= 0.3 is 0 Å². The number of rotatable bonds is 8. The number of nitrogens with one attached hydrogen (secondary N) is 2. The van der Waals surface area contributed by atoms with Crippen LogP contribution in [0.4, 0.5) is 5.69 Å². The molecule has 0 radical (unpaired) electrons. The predicted molar refractivity (Wildman–Crippen MR) is 115 cm³/mol. The number of amides is 2. The number of pyridine rings is 1. The second-order valence-corrected chi connectivity index (χ2v) is 7.68. The summed E-state index contributed by atoms with van der Waals surface area (Å²) in [6.07, 6.45) is 3.40. The number of hydrogen-bond donors (Lipinski definition) is 2. The van der Waals surface area contributed by atoms with Crippen molar-refractivity contribution in [3.8, 4) is 11.4 Å². The summed E-state index contributed by atoms with van der Waals surface area (Å²) in [6.45, 7) is 2.55. The van der Waals surface area contributed by atoms with Gasteiger partial charge in [0.05, 0.1) is 18.0 Å². The Morgan fingerprint density at radius 3 is 2.59 bits per heavy atom. The lowest BCUT2D eigenvalue weighted by molar-refractivity contribution is -0.122. The molecule has 2 heterocycles. The van der Waals surface area contributed by atoms with Crippen LogP contribution in [0.1, 0.15) is 6.92 Å². The molecule has 1 aromatic carbocycles. The molecule has 2 N–H and O–H groups in total. The highest BCUT2D eigenvalue weighted by Crippen LogP contribution is 2.23. The van der Waals surface area contributed by atoms with E-state index >= 15 is 0 Å². The third kappa shape index (κ3) is 5.64. The molecule has 150 valence electrons. The lowest BCUT2D eigenvalue weighted by atomic mass is 10.2. The first-order chi connectivity index (χ1) is 14.1. The molecule has 0 aliphatic heterocycles.